The van der Waals surface area contributed by atoms with Crippen molar-refractivity contribution in [3.05, 3.63) is 52.0 Å². The van der Waals surface area contributed by atoms with Crippen LogP contribution in [0.2, 0.25) is 0 Å². The zero-order valence-corrected chi connectivity index (χ0v) is 17.2. The van der Waals surface area contributed by atoms with Crippen LogP contribution in [0.25, 0.3) is 0 Å². The first-order valence-corrected chi connectivity index (χ1v) is 10.6. The SMILES string of the molecule is CN=C(NCCCc1nc(C)cs1)N1CCC(COCc2ccccc2)C1. The number of rotatable bonds is 8. The number of hydrogen-bond donors (Lipinski definition) is 1. The second-order valence-electron chi connectivity index (χ2n) is 7.06. The van der Waals surface area contributed by atoms with E-state index in [0.717, 1.165) is 57.2 Å². The van der Waals surface area contributed by atoms with E-state index in [1.165, 1.54) is 10.6 Å². The highest BCUT2D eigenvalue weighted by molar-refractivity contribution is 7.09. The Bertz CT molecular complexity index is 716. The van der Waals surface area contributed by atoms with Crippen molar-refractivity contribution >= 4 is 17.3 Å². The van der Waals surface area contributed by atoms with Crippen molar-refractivity contribution in [3.8, 4) is 0 Å². The zero-order chi connectivity index (χ0) is 18.9. The maximum Gasteiger partial charge on any atom is 0.193 e. The Morgan fingerprint density at radius 2 is 2.22 bits per heavy atom. The molecule has 1 saturated heterocycles. The van der Waals surface area contributed by atoms with Gasteiger partial charge in [0.05, 0.1) is 18.2 Å². The third kappa shape index (κ3) is 6.33. The second kappa shape index (κ2) is 10.4. The molecule has 5 nitrogen and oxygen atoms in total. The Kier molecular flexibility index (Phi) is 7.66. The largest absolute Gasteiger partial charge is 0.376 e. The number of aromatic nitrogens is 1. The number of thiazole rings is 1. The molecule has 0 bridgehead atoms. The van der Waals surface area contributed by atoms with Gasteiger partial charge < -0.3 is 15.0 Å². The van der Waals surface area contributed by atoms with Gasteiger partial charge in [0.1, 0.15) is 0 Å². The van der Waals surface area contributed by atoms with Gasteiger partial charge in [0.25, 0.3) is 0 Å². The molecule has 6 heteroatoms. The number of ether oxygens (including phenoxy) is 1. The number of nitrogens with one attached hydrogen (secondary N) is 1. The Hall–Kier alpha value is -1.92. The van der Waals surface area contributed by atoms with E-state index in [4.69, 9.17) is 4.74 Å². The van der Waals surface area contributed by atoms with Gasteiger partial charge in [-0.15, -0.1) is 11.3 Å². The summed E-state index contributed by atoms with van der Waals surface area (Å²) in [6.07, 6.45) is 3.26. The number of guanidine groups is 1. The molecule has 2 aromatic rings. The van der Waals surface area contributed by atoms with E-state index in [2.05, 4.69) is 49.8 Å². The topological polar surface area (TPSA) is 49.8 Å². The number of aliphatic imine (C=N–C) groups is 1. The highest BCUT2D eigenvalue weighted by atomic mass is 32.1. The minimum absolute atomic E-state index is 0.575. The van der Waals surface area contributed by atoms with Gasteiger partial charge in [-0.05, 0) is 25.3 Å². The van der Waals surface area contributed by atoms with Gasteiger partial charge in [0.2, 0.25) is 0 Å². The summed E-state index contributed by atoms with van der Waals surface area (Å²) < 4.78 is 5.92. The van der Waals surface area contributed by atoms with Gasteiger partial charge in [0, 0.05) is 50.1 Å². The van der Waals surface area contributed by atoms with Gasteiger partial charge in [-0.25, -0.2) is 4.98 Å². The standard InChI is InChI=1S/C21H30N4OS/c1-17-16-27-20(24-17)9-6-11-23-21(22-2)25-12-10-19(13-25)15-26-14-18-7-4-3-5-8-18/h3-5,7-8,16,19H,6,9-15H2,1-2H3,(H,22,23). The summed E-state index contributed by atoms with van der Waals surface area (Å²) in [6, 6.07) is 10.4. The van der Waals surface area contributed by atoms with Crippen LogP contribution in [0.3, 0.4) is 0 Å². The lowest BCUT2D eigenvalue weighted by Crippen LogP contribution is -2.40. The van der Waals surface area contributed by atoms with E-state index in [1.54, 1.807) is 11.3 Å². The van der Waals surface area contributed by atoms with Crippen molar-refractivity contribution in [3.63, 3.8) is 0 Å². The summed E-state index contributed by atoms with van der Waals surface area (Å²) in [5.41, 5.74) is 2.36. The van der Waals surface area contributed by atoms with E-state index >= 15 is 0 Å². The first-order chi connectivity index (χ1) is 13.2. The third-order valence-corrected chi connectivity index (χ3v) is 5.81. The van der Waals surface area contributed by atoms with Crippen LogP contribution in [0.1, 0.15) is 29.1 Å². The smallest absolute Gasteiger partial charge is 0.193 e. The van der Waals surface area contributed by atoms with Crippen LogP contribution in [0.5, 0.6) is 0 Å². The number of nitrogens with zero attached hydrogens (tertiary/aromatic N) is 3. The van der Waals surface area contributed by atoms with E-state index in [0.29, 0.717) is 12.5 Å². The highest BCUT2D eigenvalue weighted by Gasteiger charge is 2.24. The molecule has 27 heavy (non-hydrogen) atoms. The molecule has 0 spiro atoms. The minimum atomic E-state index is 0.575. The van der Waals surface area contributed by atoms with Crippen molar-refractivity contribution in [2.75, 3.05) is 33.3 Å². The van der Waals surface area contributed by atoms with Crippen LogP contribution in [0, 0.1) is 12.8 Å². The number of likely N-dealkylation sites (tertiary alicyclic amines) is 1. The fourth-order valence-electron chi connectivity index (χ4n) is 3.37. The van der Waals surface area contributed by atoms with Gasteiger partial charge in [-0.1, -0.05) is 30.3 Å². The van der Waals surface area contributed by atoms with Gasteiger partial charge in [-0.3, -0.25) is 4.99 Å². The predicted molar refractivity (Wildman–Crippen MR) is 112 cm³/mol. The number of hydrogen-bond acceptors (Lipinski definition) is 4. The Labute approximate surface area is 166 Å². The lowest BCUT2D eigenvalue weighted by atomic mass is 10.1. The number of benzene rings is 1. The van der Waals surface area contributed by atoms with Gasteiger partial charge in [-0.2, -0.15) is 0 Å². The zero-order valence-electron chi connectivity index (χ0n) is 16.4. The lowest BCUT2D eigenvalue weighted by Gasteiger charge is -2.21. The predicted octanol–water partition coefficient (Wildman–Crippen LogP) is 3.50. The molecule has 1 unspecified atom stereocenters. The van der Waals surface area contributed by atoms with Gasteiger partial charge >= 0.3 is 0 Å². The summed E-state index contributed by atoms with van der Waals surface area (Å²) in [5.74, 6) is 1.58. The molecule has 3 rings (SSSR count). The Morgan fingerprint density at radius 3 is 2.96 bits per heavy atom. The summed E-state index contributed by atoms with van der Waals surface area (Å²) >= 11 is 1.75. The molecule has 0 saturated carbocycles. The first-order valence-electron chi connectivity index (χ1n) is 9.73. The van der Waals surface area contributed by atoms with Crippen molar-refractivity contribution in [2.24, 2.45) is 10.9 Å². The van der Waals surface area contributed by atoms with Crippen molar-refractivity contribution < 1.29 is 4.74 Å². The third-order valence-electron chi connectivity index (χ3n) is 4.78. The molecule has 0 amide bonds. The summed E-state index contributed by atoms with van der Waals surface area (Å²) in [7, 11) is 1.87. The van der Waals surface area contributed by atoms with E-state index in [9.17, 15) is 0 Å². The fraction of sp³-hybridized carbons (Fsp3) is 0.524. The summed E-state index contributed by atoms with van der Waals surface area (Å²) in [4.78, 5) is 11.3. The average molecular weight is 387 g/mol. The van der Waals surface area contributed by atoms with Crippen LogP contribution in [-0.4, -0.2) is 49.1 Å². The highest BCUT2D eigenvalue weighted by Crippen LogP contribution is 2.17. The average Bonchev–Trinajstić information content (AvgIpc) is 3.32. The quantitative estimate of drug-likeness (QED) is 0.429. The second-order valence-corrected chi connectivity index (χ2v) is 8.00. The maximum absolute atomic E-state index is 5.92. The van der Waals surface area contributed by atoms with Crippen molar-refractivity contribution in [1.29, 1.82) is 0 Å². The molecular formula is C21H30N4OS. The minimum Gasteiger partial charge on any atom is -0.376 e. The van der Waals surface area contributed by atoms with Crippen LogP contribution in [0.15, 0.2) is 40.7 Å². The molecule has 146 valence electrons. The van der Waals surface area contributed by atoms with E-state index < -0.39 is 0 Å². The van der Waals surface area contributed by atoms with Crippen molar-refractivity contribution in [1.82, 2.24) is 15.2 Å². The molecule has 1 aliphatic rings. The van der Waals surface area contributed by atoms with Crippen LogP contribution in [-0.2, 0) is 17.8 Å². The maximum atomic E-state index is 5.92. The molecule has 1 atom stereocenters. The van der Waals surface area contributed by atoms with Crippen molar-refractivity contribution in [2.45, 2.75) is 32.8 Å². The molecule has 1 aromatic carbocycles. The summed E-state index contributed by atoms with van der Waals surface area (Å²) in [6.45, 7) is 6.54. The molecular weight excluding hydrogens is 356 g/mol. The number of aryl methyl sites for hydroxylation is 2. The lowest BCUT2D eigenvalue weighted by molar-refractivity contribution is 0.0907. The van der Waals surface area contributed by atoms with E-state index in [-0.39, 0.29) is 0 Å². The Morgan fingerprint density at radius 1 is 1.37 bits per heavy atom. The Balaban J connectivity index is 1.33. The molecule has 0 aliphatic carbocycles. The van der Waals surface area contributed by atoms with E-state index in [1.807, 2.05) is 20.0 Å². The molecule has 1 aromatic heterocycles. The molecule has 1 aliphatic heterocycles. The molecule has 1 N–H and O–H groups in total. The van der Waals surface area contributed by atoms with Crippen LogP contribution in [0.4, 0.5) is 0 Å². The molecule has 2 heterocycles. The summed E-state index contributed by atoms with van der Waals surface area (Å²) in [5, 5.41) is 6.84. The van der Waals surface area contributed by atoms with Crippen LogP contribution < -0.4 is 5.32 Å². The monoisotopic (exact) mass is 386 g/mol. The fourth-order valence-corrected chi connectivity index (χ4v) is 4.19. The van der Waals surface area contributed by atoms with Crippen LogP contribution >= 0.6 is 11.3 Å². The molecule has 1 fully saturated rings. The normalized spacial score (nSPS) is 17.5. The first kappa shape index (κ1) is 19.8. The van der Waals surface area contributed by atoms with Gasteiger partial charge in [0.15, 0.2) is 5.96 Å². The molecule has 0 radical (unpaired) electrons.